The number of anilines is 1. The van der Waals surface area contributed by atoms with Gasteiger partial charge in [0.2, 0.25) is 0 Å². The molecule has 2 N–H and O–H groups in total. The van der Waals surface area contributed by atoms with Crippen molar-refractivity contribution < 1.29 is 19.1 Å². The molecule has 0 unspecified atom stereocenters. The predicted octanol–water partition coefficient (Wildman–Crippen LogP) is 5.52. The van der Waals surface area contributed by atoms with E-state index in [1.54, 1.807) is 13.1 Å². The number of ether oxygens (including phenoxy) is 2. The van der Waals surface area contributed by atoms with E-state index in [0.29, 0.717) is 5.69 Å². The van der Waals surface area contributed by atoms with Crippen LogP contribution in [0.5, 0.6) is 11.8 Å². The molecule has 0 spiro atoms. The fourth-order valence-electron chi connectivity index (χ4n) is 2.18. The Labute approximate surface area is 197 Å². The van der Waals surface area contributed by atoms with E-state index in [1.807, 2.05) is 19.2 Å². The lowest BCUT2D eigenvalue weighted by Crippen LogP contribution is -2.35. The highest BCUT2D eigenvalue weighted by atomic mass is 79.9. The van der Waals surface area contributed by atoms with Crippen LogP contribution in [0.3, 0.4) is 0 Å². The van der Waals surface area contributed by atoms with Crippen molar-refractivity contribution in [1.29, 1.82) is 0 Å². The summed E-state index contributed by atoms with van der Waals surface area (Å²) in [7, 11) is 0. The number of imide groups is 1. The van der Waals surface area contributed by atoms with Crippen molar-refractivity contribution in [2.45, 2.75) is 33.6 Å². The monoisotopic (exact) mass is 531 g/mol. The molecule has 0 bridgehead atoms. The van der Waals surface area contributed by atoms with Crippen LogP contribution in [0.1, 0.15) is 39.3 Å². The molecule has 0 fully saturated rings. The standard InChI is InChI=1S/C19H20BrCl2N5O4/c1-5-30-19(29)25-17(28)10(4)26-27-11-6-13(21)16(14(22)7-11)31-18-23-8-12(20)15(24-18)9(2)3/h6-9,27H,5H2,1-4H3,(H,25,28,29)/b26-10+. The van der Waals surface area contributed by atoms with Crippen LogP contribution in [0, 0.1) is 0 Å². The van der Waals surface area contributed by atoms with Gasteiger partial charge in [0.15, 0.2) is 5.75 Å². The molecule has 0 saturated heterocycles. The summed E-state index contributed by atoms with van der Waals surface area (Å²) in [6.07, 6.45) is 0.735. The van der Waals surface area contributed by atoms with Crippen molar-refractivity contribution in [2.24, 2.45) is 5.10 Å². The van der Waals surface area contributed by atoms with E-state index in [2.05, 4.69) is 41.2 Å². The molecule has 1 heterocycles. The first kappa shape index (κ1) is 24.8. The highest BCUT2D eigenvalue weighted by Crippen LogP contribution is 2.38. The SMILES string of the molecule is CCOC(=O)NC(=O)/C(C)=N/Nc1cc(Cl)c(Oc2ncc(Br)c(C(C)C)n2)c(Cl)c1. The molecule has 2 amide bonds. The minimum absolute atomic E-state index is 0.00916. The minimum atomic E-state index is -0.856. The van der Waals surface area contributed by atoms with Crippen molar-refractivity contribution in [3.05, 3.63) is 38.5 Å². The van der Waals surface area contributed by atoms with Crippen molar-refractivity contribution >= 4 is 62.5 Å². The van der Waals surface area contributed by atoms with Crippen LogP contribution in [0.2, 0.25) is 10.0 Å². The maximum absolute atomic E-state index is 11.9. The van der Waals surface area contributed by atoms with Gasteiger partial charge in [-0.15, -0.1) is 0 Å². The van der Waals surface area contributed by atoms with E-state index in [-0.39, 0.29) is 40.0 Å². The van der Waals surface area contributed by atoms with Crippen LogP contribution in [0.4, 0.5) is 10.5 Å². The van der Waals surface area contributed by atoms with E-state index in [1.165, 1.54) is 19.1 Å². The Kier molecular flexibility index (Phi) is 9.02. The Morgan fingerprint density at radius 3 is 2.48 bits per heavy atom. The van der Waals surface area contributed by atoms with Gasteiger partial charge < -0.3 is 9.47 Å². The van der Waals surface area contributed by atoms with Crippen LogP contribution in [0.15, 0.2) is 27.9 Å². The predicted molar refractivity (Wildman–Crippen MR) is 122 cm³/mol. The number of carbonyl (C=O) groups is 2. The van der Waals surface area contributed by atoms with Gasteiger partial charge in [-0.05, 0) is 47.8 Å². The fourth-order valence-corrected chi connectivity index (χ4v) is 3.39. The van der Waals surface area contributed by atoms with Crippen LogP contribution in [-0.2, 0) is 9.53 Å². The molecule has 0 saturated carbocycles. The molecule has 9 nitrogen and oxygen atoms in total. The second-order valence-electron chi connectivity index (χ2n) is 6.40. The third kappa shape index (κ3) is 7.05. The third-order valence-electron chi connectivity index (χ3n) is 3.66. The second-order valence-corrected chi connectivity index (χ2v) is 8.06. The van der Waals surface area contributed by atoms with Gasteiger partial charge in [-0.25, -0.2) is 9.78 Å². The number of rotatable bonds is 7. The quantitative estimate of drug-likeness (QED) is 0.356. The van der Waals surface area contributed by atoms with E-state index >= 15 is 0 Å². The second kappa shape index (κ2) is 11.3. The molecule has 0 aliphatic rings. The lowest BCUT2D eigenvalue weighted by Gasteiger charge is -2.12. The van der Waals surface area contributed by atoms with Crippen LogP contribution in [0.25, 0.3) is 0 Å². The zero-order valence-corrected chi connectivity index (χ0v) is 20.2. The number of hydrazone groups is 1. The Morgan fingerprint density at radius 1 is 1.26 bits per heavy atom. The molecular weight excluding hydrogens is 513 g/mol. The summed E-state index contributed by atoms with van der Waals surface area (Å²) in [5.41, 5.74) is 3.81. The summed E-state index contributed by atoms with van der Waals surface area (Å²) in [6, 6.07) is 3.11. The molecule has 0 aliphatic heterocycles. The molecule has 1 aromatic heterocycles. The van der Waals surface area contributed by atoms with Gasteiger partial charge in [0.05, 0.1) is 32.5 Å². The Bertz CT molecular complexity index is 994. The number of aromatic nitrogens is 2. The molecule has 2 rings (SSSR count). The summed E-state index contributed by atoms with van der Waals surface area (Å²) < 4.78 is 11.1. The number of hydrogen-bond donors (Lipinski definition) is 2. The van der Waals surface area contributed by atoms with E-state index in [4.69, 9.17) is 27.9 Å². The highest BCUT2D eigenvalue weighted by Gasteiger charge is 2.16. The van der Waals surface area contributed by atoms with E-state index in [9.17, 15) is 9.59 Å². The summed E-state index contributed by atoms with van der Waals surface area (Å²) in [5, 5.41) is 6.29. The number of nitrogens with one attached hydrogen (secondary N) is 2. The van der Waals surface area contributed by atoms with Gasteiger partial charge in [-0.3, -0.25) is 15.5 Å². The van der Waals surface area contributed by atoms with Gasteiger partial charge in [0, 0.05) is 6.20 Å². The molecule has 0 aliphatic carbocycles. The van der Waals surface area contributed by atoms with E-state index < -0.39 is 12.0 Å². The van der Waals surface area contributed by atoms with E-state index in [0.717, 1.165) is 10.2 Å². The lowest BCUT2D eigenvalue weighted by atomic mass is 10.1. The smallest absolute Gasteiger partial charge is 0.414 e. The number of nitrogens with zero attached hydrogens (tertiary/aromatic N) is 3. The Balaban J connectivity index is 2.14. The van der Waals surface area contributed by atoms with Crippen molar-refractivity contribution in [2.75, 3.05) is 12.0 Å². The summed E-state index contributed by atoms with van der Waals surface area (Å²) in [6.45, 7) is 7.17. The maximum Gasteiger partial charge on any atom is 0.414 e. The summed E-state index contributed by atoms with van der Waals surface area (Å²) in [5.74, 6) is -0.387. The average molecular weight is 533 g/mol. The van der Waals surface area contributed by atoms with Crippen molar-refractivity contribution in [1.82, 2.24) is 15.3 Å². The van der Waals surface area contributed by atoms with Crippen molar-refractivity contribution in [3.8, 4) is 11.8 Å². The summed E-state index contributed by atoms with van der Waals surface area (Å²) in [4.78, 5) is 31.7. The third-order valence-corrected chi connectivity index (χ3v) is 4.83. The molecule has 0 radical (unpaired) electrons. The zero-order chi connectivity index (χ0) is 23.1. The lowest BCUT2D eigenvalue weighted by molar-refractivity contribution is -0.114. The molecule has 31 heavy (non-hydrogen) atoms. The van der Waals surface area contributed by atoms with Gasteiger partial charge in [-0.2, -0.15) is 10.1 Å². The number of carbonyl (C=O) groups excluding carboxylic acids is 2. The topological polar surface area (TPSA) is 115 Å². The van der Waals surface area contributed by atoms with Gasteiger partial charge in [0.1, 0.15) is 5.71 Å². The van der Waals surface area contributed by atoms with Crippen molar-refractivity contribution in [3.63, 3.8) is 0 Å². The highest BCUT2D eigenvalue weighted by molar-refractivity contribution is 9.10. The normalized spacial score (nSPS) is 11.3. The number of benzene rings is 1. The average Bonchev–Trinajstić information content (AvgIpc) is 2.69. The molecule has 12 heteroatoms. The number of hydrogen-bond acceptors (Lipinski definition) is 8. The maximum atomic E-state index is 11.9. The molecule has 1 aromatic carbocycles. The fraction of sp³-hybridized carbons (Fsp3) is 0.316. The number of halogens is 3. The first-order valence-electron chi connectivity index (χ1n) is 9.10. The molecule has 166 valence electrons. The van der Waals surface area contributed by atoms with Gasteiger partial charge in [-0.1, -0.05) is 37.0 Å². The zero-order valence-electron chi connectivity index (χ0n) is 17.1. The molecule has 2 aromatic rings. The van der Waals surface area contributed by atoms with Gasteiger partial charge in [0.25, 0.3) is 5.91 Å². The van der Waals surface area contributed by atoms with Crippen LogP contribution >= 0.6 is 39.1 Å². The molecular formula is C19H20BrCl2N5O4. The number of amides is 2. The first-order chi connectivity index (χ1) is 14.6. The summed E-state index contributed by atoms with van der Waals surface area (Å²) >= 11 is 16.0. The molecule has 0 atom stereocenters. The van der Waals surface area contributed by atoms with Crippen LogP contribution < -0.4 is 15.5 Å². The van der Waals surface area contributed by atoms with Gasteiger partial charge >= 0.3 is 12.1 Å². The van der Waals surface area contributed by atoms with Crippen LogP contribution in [-0.4, -0.2) is 34.3 Å². The minimum Gasteiger partial charge on any atom is -0.450 e. The Morgan fingerprint density at radius 2 is 1.90 bits per heavy atom. The Hall–Kier alpha value is -2.43. The number of alkyl carbamates (subject to hydrolysis) is 1. The largest absolute Gasteiger partial charge is 0.450 e. The first-order valence-corrected chi connectivity index (χ1v) is 10.6.